The third-order valence-corrected chi connectivity index (χ3v) is 5.53. The first-order chi connectivity index (χ1) is 13.5. The Bertz CT molecular complexity index is 881. The van der Waals surface area contributed by atoms with E-state index in [1.54, 1.807) is 29.2 Å². The molecular formula is C22H25N3O3. The van der Waals surface area contributed by atoms with Crippen LogP contribution in [0.25, 0.3) is 0 Å². The number of nitrogens with one attached hydrogen (secondary N) is 1. The number of phenols is 1. The number of rotatable bonds is 4. The molecule has 2 amide bonds. The van der Waals surface area contributed by atoms with E-state index >= 15 is 0 Å². The monoisotopic (exact) mass is 379 g/mol. The topological polar surface area (TPSA) is 72.9 Å². The zero-order chi connectivity index (χ0) is 19.7. The Labute approximate surface area is 164 Å². The maximum atomic E-state index is 12.9. The summed E-state index contributed by atoms with van der Waals surface area (Å²) in [6, 6.07) is 14.1. The summed E-state index contributed by atoms with van der Waals surface area (Å²) in [6.07, 6.45) is 0.432. The van der Waals surface area contributed by atoms with Crippen LogP contribution in [0.3, 0.4) is 0 Å². The number of phenolic OH excluding ortho intramolecular Hbond substituents is 1. The van der Waals surface area contributed by atoms with Gasteiger partial charge in [0, 0.05) is 32.6 Å². The highest BCUT2D eigenvalue weighted by Crippen LogP contribution is 2.20. The van der Waals surface area contributed by atoms with Crippen LogP contribution in [0, 0.1) is 6.92 Å². The predicted octanol–water partition coefficient (Wildman–Crippen LogP) is 1.45. The maximum absolute atomic E-state index is 12.9. The van der Waals surface area contributed by atoms with Crippen molar-refractivity contribution < 1.29 is 14.7 Å². The van der Waals surface area contributed by atoms with E-state index in [1.807, 2.05) is 6.07 Å². The van der Waals surface area contributed by atoms with Gasteiger partial charge in [-0.05, 0) is 30.2 Å². The van der Waals surface area contributed by atoms with Crippen LogP contribution < -0.4 is 5.32 Å². The van der Waals surface area contributed by atoms with Crippen molar-refractivity contribution in [2.45, 2.75) is 32.0 Å². The molecule has 0 saturated carbocycles. The lowest BCUT2D eigenvalue weighted by Crippen LogP contribution is -2.69. The minimum Gasteiger partial charge on any atom is -0.508 e. The van der Waals surface area contributed by atoms with Crippen LogP contribution in [0.1, 0.15) is 16.7 Å². The first-order valence-electron chi connectivity index (χ1n) is 9.66. The minimum absolute atomic E-state index is 0.0205. The zero-order valence-corrected chi connectivity index (χ0v) is 16.0. The SMILES string of the molecule is Cc1cccc(CN2CCN3C(=O)[C@H](Cc4ccc(O)cc4)NC(=O)[C@H]3C2)c1. The highest BCUT2D eigenvalue weighted by molar-refractivity contribution is 5.97. The number of carbonyl (C=O) groups excluding carboxylic acids is 2. The summed E-state index contributed by atoms with van der Waals surface area (Å²) in [5.41, 5.74) is 3.35. The molecule has 146 valence electrons. The number of hydrogen-bond acceptors (Lipinski definition) is 4. The van der Waals surface area contributed by atoms with E-state index in [9.17, 15) is 14.7 Å². The number of amides is 2. The van der Waals surface area contributed by atoms with E-state index < -0.39 is 12.1 Å². The molecule has 28 heavy (non-hydrogen) atoms. The Hall–Kier alpha value is -2.86. The lowest BCUT2D eigenvalue weighted by Gasteiger charge is -2.45. The van der Waals surface area contributed by atoms with E-state index in [-0.39, 0.29) is 17.6 Å². The van der Waals surface area contributed by atoms with Gasteiger partial charge >= 0.3 is 0 Å². The quantitative estimate of drug-likeness (QED) is 0.844. The minimum atomic E-state index is -0.545. The van der Waals surface area contributed by atoms with Crippen LogP contribution in [0.15, 0.2) is 48.5 Å². The van der Waals surface area contributed by atoms with E-state index in [0.29, 0.717) is 19.5 Å². The summed E-state index contributed by atoms with van der Waals surface area (Å²) in [7, 11) is 0. The number of piperazine rings is 2. The van der Waals surface area contributed by atoms with Gasteiger partial charge < -0.3 is 15.3 Å². The van der Waals surface area contributed by atoms with Crippen molar-refractivity contribution in [2.75, 3.05) is 19.6 Å². The molecule has 0 spiro atoms. The summed E-state index contributed by atoms with van der Waals surface area (Å²) in [5, 5.41) is 12.3. The molecule has 2 aromatic carbocycles. The molecule has 6 nitrogen and oxygen atoms in total. The molecule has 2 heterocycles. The summed E-state index contributed by atoms with van der Waals surface area (Å²) >= 11 is 0. The van der Waals surface area contributed by atoms with Gasteiger partial charge in [-0.1, -0.05) is 42.0 Å². The van der Waals surface area contributed by atoms with Gasteiger partial charge in [-0.3, -0.25) is 14.5 Å². The van der Waals surface area contributed by atoms with Crippen molar-refractivity contribution >= 4 is 11.8 Å². The number of aryl methyl sites for hydroxylation is 1. The van der Waals surface area contributed by atoms with Crippen LogP contribution in [-0.2, 0) is 22.6 Å². The lowest BCUT2D eigenvalue weighted by molar-refractivity contribution is -0.153. The van der Waals surface area contributed by atoms with Gasteiger partial charge in [0.05, 0.1) is 0 Å². The predicted molar refractivity (Wildman–Crippen MR) is 106 cm³/mol. The number of nitrogens with zero attached hydrogens (tertiary/aromatic N) is 2. The van der Waals surface area contributed by atoms with Crippen LogP contribution in [0.5, 0.6) is 5.75 Å². The molecular weight excluding hydrogens is 354 g/mol. The standard InChI is InChI=1S/C22H25N3O3/c1-15-3-2-4-17(11-15)13-24-9-10-25-20(14-24)21(27)23-19(22(25)28)12-16-5-7-18(26)8-6-16/h2-8,11,19-20,26H,9-10,12-14H2,1H3,(H,23,27)/t19-,20+/m0/s1. The first-order valence-corrected chi connectivity index (χ1v) is 9.66. The second-order valence-electron chi connectivity index (χ2n) is 7.70. The second-order valence-corrected chi connectivity index (χ2v) is 7.70. The molecule has 2 aliphatic heterocycles. The van der Waals surface area contributed by atoms with Crippen molar-refractivity contribution in [3.63, 3.8) is 0 Å². The van der Waals surface area contributed by atoms with Gasteiger partial charge in [0.1, 0.15) is 17.8 Å². The van der Waals surface area contributed by atoms with Crippen LogP contribution in [0.2, 0.25) is 0 Å². The third kappa shape index (κ3) is 3.87. The summed E-state index contributed by atoms with van der Waals surface area (Å²) in [6.45, 7) is 4.73. The fourth-order valence-corrected chi connectivity index (χ4v) is 4.08. The Morgan fingerprint density at radius 3 is 2.61 bits per heavy atom. The number of hydrogen-bond donors (Lipinski definition) is 2. The Morgan fingerprint density at radius 1 is 1.07 bits per heavy atom. The fourth-order valence-electron chi connectivity index (χ4n) is 4.08. The van der Waals surface area contributed by atoms with Gasteiger partial charge in [-0.15, -0.1) is 0 Å². The van der Waals surface area contributed by atoms with Crippen molar-refractivity contribution in [2.24, 2.45) is 0 Å². The van der Waals surface area contributed by atoms with Gasteiger partial charge in [0.25, 0.3) is 0 Å². The number of carbonyl (C=O) groups is 2. The molecule has 4 rings (SSSR count). The number of aromatic hydroxyl groups is 1. The van der Waals surface area contributed by atoms with Crippen molar-refractivity contribution in [3.05, 3.63) is 65.2 Å². The summed E-state index contributed by atoms with van der Waals surface area (Å²) in [4.78, 5) is 29.6. The normalized spacial score (nSPS) is 22.7. The second kappa shape index (κ2) is 7.64. The Kier molecular flexibility index (Phi) is 5.05. The van der Waals surface area contributed by atoms with E-state index in [2.05, 4.69) is 35.3 Å². The van der Waals surface area contributed by atoms with E-state index in [0.717, 1.165) is 18.7 Å². The molecule has 0 bridgehead atoms. The van der Waals surface area contributed by atoms with Crippen LogP contribution in [-0.4, -0.2) is 58.4 Å². The zero-order valence-electron chi connectivity index (χ0n) is 16.0. The van der Waals surface area contributed by atoms with Crippen molar-refractivity contribution in [1.29, 1.82) is 0 Å². The highest BCUT2D eigenvalue weighted by atomic mass is 16.3. The van der Waals surface area contributed by atoms with Gasteiger partial charge in [-0.25, -0.2) is 0 Å². The molecule has 0 unspecified atom stereocenters. The van der Waals surface area contributed by atoms with E-state index in [4.69, 9.17) is 0 Å². The molecule has 0 aliphatic carbocycles. The smallest absolute Gasteiger partial charge is 0.246 e. The molecule has 2 N–H and O–H groups in total. The maximum Gasteiger partial charge on any atom is 0.246 e. The Morgan fingerprint density at radius 2 is 1.86 bits per heavy atom. The molecule has 2 aromatic rings. The molecule has 2 fully saturated rings. The first kappa shape index (κ1) is 18.5. The van der Waals surface area contributed by atoms with Crippen LogP contribution in [0.4, 0.5) is 0 Å². The van der Waals surface area contributed by atoms with Crippen molar-refractivity contribution in [1.82, 2.24) is 15.1 Å². The van der Waals surface area contributed by atoms with Gasteiger partial charge in [0.2, 0.25) is 11.8 Å². The molecule has 0 aromatic heterocycles. The number of fused-ring (bicyclic) bond motifs is 1. The average molecular weight is 379 g/mol. The molecule has 0 radical (unpaired) electrons. The molecule has 6 heteroatoms. The summed E-state index contributed by atoms with van der Waals surface area (Å²) < 4.78 is 0. The average Bonchev–Trinajstić information content (AvgIpc) is 2.68. The van der Waals surface area contributed by atoms with E-state index in [1.165, 1.54) is 11.1 Å². The Balaban J connectivity index is 1.41. The lowest BCUT2D eigenvalue weighted by atomic mass is 9.98. The van der Waals surface area contributed by atoms with Gasteiger partial charge in [0.15, 0.2) is 0 Å². The molecule has 2 aliphatic rings. The number of benzene rings is 2. The molecule has 2 atom stereocenters. The third-order valence-electron chi connectivity index (χ3n) is 5.53. The van der Waals surface area contributed by atoms with Crippen molar-refractivity contribution in [3.8, 4) is 5.75 Å². The molecule has 2 saturated heterocycles. The highest BCUT2D eigenvalue weighted by Gasteiger charge is 2.43. The summed E-state index contributed by atoms with van der Waals surface area (Å²) in [5.74, 6) is 0.0813. The largest absolute Gasteiger partial charge is 0.508 e. The van der Waals surface area contributed by atoms with Crippen LogP contribution >= 0.6 is 0 Å². The fraction of sp³-hybridized carbons (Fsp3) is 0.364. The van der Waals surface area contributed by atoms with Gasteiger partial charge in [-0.2, -0.15) is 0 Å².